The zero-order valence-electron chi connectivity index (χ0n) is 16.9. The molecule has 0 aliphatic carbocycles. The van der Waals surface area contributed by atoms with E-state index in [1.165, 1.54) is 31.5 Å². The number of carbonyl (C=O) groups excluding carboxylic acids is 1. The van der Waals surface area contributed by atoms with Gasteiger partial charge in [0, 0.05) is 36.4 Å². The molecule has 2 aromatic carbocycles. The number of carbonyl (C=O) groups is 1. The van der Waals surface area contributed by atoms with Gasteiger partial charge < -0.3 is 5.32 Å². The molecular weight excluding hydrogens is 376 g/mol. The molecule has 0 radical (unpaired) electrons. The van der Waals surface area contributed by atoms with Crippen LogP contribution in [0.4, 0.5) is 5.69 Å². The van der Waals surface area contributed by atoms with Crippen molar-refractivity contribution in [2.75, 3.05) is 18.4 Å². The van der Waals surface area contributed by atoms with Gasteiger partial charge in [-0.1, -0.05) is 18.2 Å². The van der Waals surface area contributed by atoms with E-state index in [1.54, 1.807) is 4.68 Å². The predicted molar refractivity (Wildman–Crippen MR) is 117 cm³/mol. The van der Waals surface area contributed by atoms with Gasteiger partial charge in [-0.15, -0.1) is 0 Å². The Kier molecular flexibility index (Phi) is 4.80. The summed E-state index contributed by atoms with van der Waals surface area (Å²) in [5, 5.41) is 15.2. The molecule has 1 saturated heterocycles. The van der Waals surface area contributed by atoms with Crippen LogP contribution in [-0.4, -0.2) is 43.9 Å². The fourth-order valence-electron chi connectivity index (χ4n) is 4.02. The van der Waals surface area contributed by atoms with Crippen molar-refractivity contribution in [2.24, 2.45) is 7.05 Å². The van der Waals surface area contributed by atoms with E-state index >= 15 is 0 Å². The maximum atomic E-state index is 12.9. The van der Waals surface area contributed by atoms with Gasteiger partial charge in [0.05, 0.1) is 11.7 Å². The summed E-state index contributed by atoms with van der Waals surface area (Å²) >= 11 is 0. The number of aromatic amines is 1. The molecule has 0 atom stereocenters. The molecule has 0 unspecified atom stereocenters. The van der Waals surface area contributed by atoms with Crippen molar-refractivity contribution in [1.82, 2.24) is 24.9 Å². The summed E-state index contributed by atoms with van der Waals surface area (Å²) < 4.78 is 1.76. The van der Waals surface area contributed by atoms with Crippen LogP contribution in [0, 0.1) is 0 Å². The molecule has 152 valence electrons. The summed E-state index contributed by atoms with van der Waals surface area (Å²) in [5.41, 5.74) is 5.24. The van der Waals surface area contributed by atoms with Crippen molar-refractivity contribution in [2.45, 2.75) is 19.4 Å². The van der Waals surface area contributed by atoms with Crippen LogP contribution in [0.1, 0.15) is 28.9 Å². The van der Waals surface area contributed by atoms with Gasteiger partial charge >= 0.3 is 0 Å². The van der Waals surface area contributed by atoms with Gasteiger partial charge in [-0.05, 0) is 61.3 Å². The van der Waals surface area contributed by atoms with Crippen LogP contribution >= 0.6 is 0 Å². The summed E-state index contributed by atoms with van der Waals surface area (Å²) in [6, 6.07) is 14.0. The molecule has 2 N–H and O–H groups in total. The summed E-state index contributed by atoms with van der Waals surface area (Å²) in [5.74, 6) is -0.225. The van der Waals surface area contributed by atoms with E-state index in [1.807, 2.05) is 49.8 Å². The molecule has 30 heavy (non-hydrogen) atoms. The van der Waals surface area contributed by atoms with Crippen molar-refractivity contribution in [1.29, 1.82) is 0 Å². The standard InChI is InChI=1S/C23H24N6O/c1-28-15-18(13-24-28)17-6-9-21-20(12-17)22(27-26-21)23(30)25-19-7-4-16(5-8-19)14-29-10-2-3-11-29/h4-9,12-13,15H,2-3,10-11,14H2,1H3,(H,25,30)(H,26,27). The van der Waals surface area contributed by atoms with Gasteiger partial charge in [0.25, 0.3) is 5.91 Å². The van der Waals surface area contributed by atoms with Crippen LogP contribution in [-0.2, 0) is 13.6 Å². The first kappa shape index (κ1) is 18.6. The van der Waals surface area contributed by atoms with E-state index in [2.05, 4.69) is 37.6 Å². The SMILES string of the molecule is Cn1cc(-c2ccc3[nH]nc(C(=O)Nc4ccc(CN5CCCC5)cc4)c3c2)cn1. The second-order valence-electron chi connectivity index (χ2n) is 7.87. The minimum atomic E-state index is -0.225. The average Bonchev–Trinajstić information content (AvgIpc) is 3.50. The molecule has 1 fully saturated rings. The topological polar surface area (TPSA) is 78.8 Å². The van der Waals surface area contributed by atoms with Crippen molar-refractivity contribution < 1.29 is 4.79 Å². The van der Waals surface area contributed by atoms with Crippen molar-refractivity contribution in [3.8, 4) is 11.1 Å². The summed E-state index contributed by atoms with van der Waals surface area (Å²) in [7, 11) is 1.88. The fourth-order valence-corrected chi connectivity index (χ4v) is 4.02. The molecule has 1 aliphatic rings. The first-order valence-corrected chi connectivity index (χ1v) is 10.3. The van der Waals surface area contributed by atoms with Gasteiger partial charge in [0.1, 0.15) is 0 Å². The Labute approximate surface area is 174 Å². The first-order chi connectivity index (χ1) is 14.7. The molecule has 4 aromatic rings. The Morgan fingerprint density at radius 3 is 2.63 bits per heavy atom. The maximum Gasteiger partial charge on any atom is 0.276 e. The number of fused-ring (bicyclic) bond motifs is 1. The van der Waals surface area contributed by atoms with Crippen LogP contribution in [0.25, 0.3) is 22.0 Å². The minimum absolute atomic E-state index is 0.225. The summed E-state index contributed by atoms with van der Waals surface area (Å²) in [6.07, 6.45) is 6.33. The zero-order chi connectivity index (χ0) is 20.5. The van der Waals surface area contributed by atoms with Crippen LogP contribution in [0.2, 0.25) is 0 Å². The van der Waals surface area contributed by atoms with Crippen LogP contribution in [0.5, 0.6) is 0 Å². The molecule has 2 aromatic heterocycles. The minimum Gasteiger partial charge on any atom is -0.321 e. The van der Waals surface area contributed by atoms with Crippen LogP contribution in [0.3, 0.4) is 0 Å². The lowest BCUT2D eigenvalue weighted by Gasteiger charge is -2.14. The fraction of sp³-hybridized carbons (Fsp3) is 0.261. The first-order valence-electron chi connectivity index (χ1n) is 10.3. The van der Waals surface area contributed by atoms with E-state index in [4.69, 9.17) is 0 Å². The van der Waals surface area contributed by atoms with Gasteiger partial charge in [-0.25, -0.2) is 0 Å². The number of hydrogen-bond donors (Lipinski definition) is 2. The van der Waals surface area contributed by atoms with Gasteiger partial charge in [-0.2, -0.15) is 10.2 Å². The average molecular weight is 400 g/mol. The highest BCUT2D eigenvalue weighted by atomic mass is 16.1. The number of rotatable bonds is 5. The normalized spacial score (nSPS) is 14.4. The van der Waals surface area contributed by atoms with Gasteiger partial charge in [0.15, 0.2) is 5.69 Å². The molecular formula is C23H24N6O. The van der Waals surface area contributed by atoms with Crippen molar-refractivity contribution >= 4 is 22.5 Å². The molecule has 0 saturated carbocycles. The quantitative estimate of drug-likeness (QED) is 0.534. The lowest BCUT2D eigenvalue weighted by molar-refractivity contribution is 0.102. The number of nitrogens with one attached hydrogen (secondary N) is 2. The molecule has 3 heterocycles. The van der Waals surface area contributed by atoms with Gasteiger partial charge in [0.2, 0.25) is 0 Å². The molecule has 1 aliphatic heterocycles. The highest BCUT2D eigenvalue weighted by Crippen LogP contribution is 2.25. The van der Waals surface area contributed by atoms with Crippen molar-refractivity contribution in [3.05, 3.63) is 66.1 Å². The molecule has 7 heteroatoms. The van der Waals surface area contributed by atoms with Crippen LogP contribution < -0.4 is 5.32 Å². The number of hydrogen-bond acceptors (Lipinski definition) is 4. The Morgan fingerprint density at radius 2 is 1.90 bits per heavy atom. The Balaban J connectivity index is 1.34. The third-order valence-corrected chi connectivity index (χ3v) is 5.63. The number of aromatic nitrogens is 4. The van der Waals surface area contributed by atoms with E-state index in [9.17, 15) is 4.79 Å². The Hall–Kier alpha value is -3.45. The van der Waals surface area contributed by atoms with Crippen LogP contribution in [0.15, 0.2) is 54.9 Å². The summed E-state index contributed by atoms with van der Waals surface area (Å²) in [4.78, 5) is 15.3. The number of anilines is 1. The predicted octanol–water partition coefficient (Wildman–Crippen LogP) is 3.81. The van der Waals surface area contributed by atoms with Gasteiger partial charge in [-0.3, -0.25) is 19.5 Å². The number of aryl methyl sites for hydroxylation is 1. The maximum absolute atomic E-state index is 12.9. The number of likely N-dealkylation sites (tertiary alicyclic amines) is 1. The second kappa shape index (κ2) is 7.76. The number of nitrogens with zero attached hydrogens (tertiary/aromatic N) is 4. The largest absolute Gasteiger partial charge is 0.321 e. The number of amides is 1. The number of benzene rings is 2. The molecule has 7 nitrogen and oxygen atoms in total. The highest BCUT2D eigenvalue weighted by molar-refractivity contribution is 6.11. The Bertz CT molecular complexity index is 1180. The lowest BCUT2D eigenvalue weighted by Crippen LogP contribution is -2.18. The van der Waals surface area contributed by atoms with E-state index in [0.717, 1.165) is 34.3 Å². The smallest absolute Gasteiger partial charge is 0.276 e. The van der Waals surface area contributed by atoms with E-state index < -0.39 is 0 Å². The Morgan fingerprint density at radius 1 is 1.10 bits per heavy atom. The molecule has 5 rings (SSSR count). The molecule has 1 amide bonds. The third-order valence-electron chi connectivity index (χ3n) is 5.63. The summed E-state index contributed by atoms with van der Waals surface area (Å²) in [6.45, 7) is 3.31. The third kappa shape index (κ3) is 3.71. The van der Waals surface area contributed by atoms with E-state index in [0.29, 0.717) is 5.69 Å². The number of H-pyrrole nitrogens is 1. The zero-order valence-corrected chi connectivity index (χ0v) is 16.9. The molecule has 0 spiro atoms. The lowest BCUT2D eigenvalue weighted by atomic mass is 10.1. The van der Waals surface area contributed by atoms with Crippen molar-refractivity contribution in [3.63, 3.8) is 0 Å². The second-order valence-corrected chi connectivity index (χ2v) is 7.87. The monoisotopic (exact) mass is 400 g/mol. The highest BCUT2D eigenvalue weighted by Gasteiger charge is 2.16. The molecule has 0 bridgehead atoms. The van der Waals surface area contributed by atoms with E-state index in [-0.39, 0.29) is 5.91 Å².